The molecule has 0 amide bonds. The Hall–Kier alpha value is -2.09. The molecule has 6 nitrogen and oxygen atoms in total. The van der Waals surface area contributed by atoms with Gasteiger partial charge in [0.25, 0.3) is 5.78 Å². The summed E-state index contributed by atoms with van der Waals surface area (Å²) in [5.41, 5.74) is 2.18. The topological polar surface area (TPSA) is 68.9 Å². The summed E-state index contributed by atoms with van der Waals surface area (Å²) in [7, 11) is 0. The van der Waals surface area contributed by atoms with Gasteiger partial charge in [-0.15, -0.1) is 5.10 Å². The van der Waals surface area contributed by atoms with Crippen LogP contribution in [0.2, 0.25) is 0 Å². The van der Waals surface area contributed by atoms with Gasteiger partial charge in [-0.1, -0.05) is 6.92 Å². The van der Waals surface area contributed by atoms with E-state index in [1.807, 2.05) is 26.8 Å². The first-order chi connectivity index (χ1) is 10.1. The third kappa shape index (κ3) is 2.58. The molecular formula is C13H13FN6S. The van der Waals surface area contributed by atoms with Crippen molar-refractivity contribution in [3.8, 4) is 0 Å². The van der Waals surface area contributed by atoms with Gasteiger partial charge in [-0.3, -0.25) is 0 Å². The maximum Gasteiger partial charge on any atom is 0.253 e. The van der Waals surface area contributed by atoms with Crippen molar-refractivity contribution in [2.45, 2.75) is 37.4 Å². The smallest absolute Gasteiger partial charge is 0.238 e. The minimum atomic E-state index is -0.412. The molecule has 0 aromatic carbocycles. The maximum atomic E-state index is 14.1. The third-order valence-corrected chi connectivity index (χ3v) is 3.78. The van der Waals surface area contributed by atoms with Crippen LogP contribution in [0, 0.1) is 19.7 Å². The van der Waals surface area contributed by atoms with Crippen molar-refractivity contribution in [1.29, 1.82) is 0 Å². The quantitative estimate of drug-likeness (QED) is 0.692. The molecule has 0 N–H and O–H groups in total. The number of rotatable bonds is 3. The predicted octanol–water partition coefficient (Wildman–Crippen LogP) is 2.38. The van der Waals surface area contributed by atoms with Gasteiger partial charge in [0.05, 0.1) is 5.69 Å². The molecule has 0 atom stereocenters. The van der Waals surface area contributed by atoms with Crippen LogP contribution in [0.1, 0.15) is 24.0 Å². The monoisotopic (exact) mass is 304 g/mol. The van der Waals surface area contributed by atoms with Crippen LogP contribution in [0.4, 0.5) is 4.39 Å². The molecule has 0 saturated heterocycles. The first-order valence-corrected chi connectivity index (χ1v) is 7.28. The van der Waals surface area contributed by atoms with Gasteiger partial charge in [0.2, 0.25) is 5.16 Å². The van der Waals surface area contributed by atoms with E-state index in [2.05, 4.69) is 25.0 Å². The molecule has 0 spiro atoms. The predicted molar refractivity (Wildman–Crippen MR) is 75.7 cm³/mol. The van der Waals surface area contributed by atoms with E-state index in [1.54, 1.807) is 4.52 Å². The van der Waals surface area contributed by atoms with Gasteiger partial charge in [-0.25, -0.2) is 23.9 Å². The Balaban J connectivity index is 2.01. The van der Waals surface area contributed by atoms with Gasteiger partial charge in [0.1, 0.15) is 11.4 Å². The first kappa shape index (κ1) is 13.9. The number of hydrogen-bond donors (Lipinski definition) is 0. The summed E-state index contributed by atoms with van der Waals surface area (Å²) in [6.07, 6.45) is 1.87. The third-order valence-electron chi connectivity index (χ3n) is 2.95. The van der Waals surface area contributed by atoms with Crippen molar-refractivity contribution in [3.63, 3.8) is 0 Å². The highest BCUT2D eigenvalue weighted by Crippen LogP contribution is 2.26. The maximum absolute atomic E-state index is 14.1. The Bertz CT molecular complexity index is 816. The number of hydrogen-bond acceptors (Lipinski definition) is 6. The molecule has 3 rings (SSSR count). The van der Waals surface area contributed by atoms with Crippen molar-refractivity contribution < 1.29 is 4.39 Å². The fraction of sp³-hybridized carbons (Fsp3) is 0.308. The molecule has 0 fully saturated rings. The SMILES string of the molecule is CCc1ncnc(Sc2nc3nc(C)cc(C)n3n2)c1F. The van der Waals surface area contributed by atoms with Gasteiger partial charge in [-0.2, -0.15) is 4.98 Å². The Morgan fingerprint density at radius 2 is 2.05 bits per heavy atom. The zero-order valence-corrected chi connectivity index (χ0v) is 12.6. The molecule has 21 heavy (non-hydrogen) atoms. The lowest BCUT2D eigenvalue weighted by molar-refractivity contribution is 0.559. The average molecular weight is 304 g/mol. The summed E-state index contributed by atoms with van der Waals surface area (Å²) in [6.45, 7) is 5.66. The van der Waals surface area contributed by atoms with Crippen molar-refractivity contribution >= 4 is 17.5 Å². The average Bonchev–Trinajstić information content (AvgIpc) is 2.84. The lowest BCUT2D eigenvalue weighted by Gasteiger charge is -2.01. The van der Waals surface area contributed by atoms with Crippen LogP contribution < -0.4 is 0 Å². The second-order valence-electron chi connectivity index (χ2n) is 4.54. The molecule has 0 unspecified atom stereocenters. The van der Waals surface area contributed by atoms with E-state index >= 15 is 0 Å². The molecule has 0 aliphatic heterocycles. The molecule has 3 aromatic heterocycles. The van der Waals surface area contributed by atoms with Crippen LogP contribution in [-0.2, 0) is 6.42 Å². The Labute approximate surface area is 124 Å². The highest BCUT2D eigenvalue weighted by molar-refractivity contribution is 7.99. The van der Waals surface area contributed by atoms with Gasteiger partial charge < -0.3 is 0 Å². The van der Waals surface area contributed by atoms with E-state index in [0.717, 1.165) is 23.1 Å². The Morgan fingerprint density at radius 1 is 1.24 bits per heavy atom. The highest BCUT2D eigenvalue weighted by Gasteiger charge is 2.15. The van der Waals surface area contributed by atoms with Gasteiger partial charge in [0, 0.05) is 11.4 Å². The van der Waals surface area contributed by atoms with Crippen molar-refractivity contribution in [2.24, 2.45) is 0 Å². The molecule has 3 heterocycles. The lowest BCUT2D eigenvalue weighted by Crippen LogP contribution is -1.98. The van der Waals surface area contributed by atoms with E-state index in [1.165, 1.54) is 6.33 Å². The van der Waals surface area contributed by atoms with E-state index in [-0.39, 0.29) is 5.03 Å². The minimum Gasteiger partial charge on any atom is -0.238 e. The summed E-state index contributed by atoms with van der Waals surface area (Å²) >= 11 is 1.07. The van der Waals surface area contributed by atoms with Crippen LogP contribution in [0.5, 0.6) is 0 Å². The van der Waals surface area contributed by atoms with Gasteiger partial charge >= 0.3 is 0 Å². The first-order valence-electron chi connectivity index (χ1n) is 6.46. The van der Waals surface area contributed by atoms with Crippen LogP contribution >= 0.6 is 11.8 Å². The number of aryl methyl sites for hydroxylation is 3. The molecule has 108 valence electrons. The molecule has 3 aromatic rings. The fourth-order valence-corrected chi connectivity index (χ4v) is 2.71. The largest absolute Gasteiger partial charge is 0.253 e. The van der Waals surface area contributed by atoms with Crippen molar-refractivity contribution in [1.82, 2.24) is 29.5 Å². The summed E-state index contributed by atoms with van der Waals surface area (Å²) in [5.74, 6) is 0.0879. The zero-order valence-electron chi connectivity index (χ0n) is 11.8. The number of nitrogens with zero attached hydrogens (tertiary/aromatic N) is 6. The van der Waals surface area contributed by atoms with Crippen LogP contribution in [-0.4, -0.2) is 29.5 Å². The van der Waals surface area contributed by atoms with Crippen LogP contribution in [0.3, 0.4) is 0 Å². The van der Waals surface area contributed by atoms with Gasteiger partial charge in [-0.05, 0) is 38.1 Å². The summed E-state index contributed by atoms with van der Waals surface area (Å²) in [4.78, 5) is 16.5. The normalized spacial score (nSPS) is 11.2. The van der Waals surface area contributed by atoms with E-state index < -0.39 is 5.82 Å². The summed E-state index contributed by atoms with van der Waals surface area (Å²) in [6, 6.07) is 1.91. The van der Waals surface area contributed by atoms with Crippen molar-refractivity contribution in [3.05, 3.63) is 35.3 Å². The summed E-state index contributed by atoms with van der Waals surface area (Å²) in [5, 5.41) is 4.97. The van der Waals surface area contributed by atoms with E-state index in [0.29, 0.717) is 23.0 Å². The van der Waals surface area contributed by atoms with E-state index in [9.17, 15) is 4.39 Å². The summed E-state index contributed by atoms with van der Waals surface area (Å²) < 4.78 is 15.8. The second-order valence-corrected chi connectivity index (χ2v) is 5.50. The number of halogens is 1. The molecule has 0 aliphatic carbocycles. The molecular weight excluding hydrogens is 291 g/mol. The van der Waals surface area contributed by atoms with Gasteiger partial charge in [0.15, 0.2) is 5.82 Å². The van der Waals surface area contributed by atoms with Crippen LogP contribution in [0.25, 0.3) is 5.78 Å². The minimum absolute atomic E-state index is 0.229. The zero-order chi connectivity index (χ0) is 15.0. The standard InChI is InChI=1S/C13H13FN6S/c1-4-9-10(14)11(16-6-15-9)21-13-18-12-17-7(2)5-8(3)20(12)19-13/h5-6H,4H2,1-3H3. The molecule has 0 bridgehead atoms. The fourth-order valence-electron chi connectivity index (χ4n) is 1.98. The van der Waals surface area contributed by atoms with Crippen molar-refractivity contribution in [2.75, 3.05) is 0 Å². The molecule has 0 radical (unpaired) electrons. The second kappa shape index (κ2) is 5.36. The highest BCUT2D eigenvalue weighted by atomic mass is 32.2. The Kier molecular flexibility index (Phi) is 3.54. The Morgan fingerprint density at radius 3 is 2.81 bits per heavy atom. The number of aromatic nitrogens is 6. The van der Waals surface area contributed by atoms with Crippen LogP contribution in [0.15, 0.2) is 22.6 Å². The number of fused-ring (bicyclic) bond motifs is 1. The van der Waals surface area contributed by atoms with E-state index in [4.69, 9.17) is 0 Å². The lowest BCUT2D eigenvalue weighted by atomic mass is 10.3. The molecule has 0 saturated carbocycles. The molecule has 0 aliphatic rings. The molecule has 8 heteroatoms.